The molecule has 0 fully saturated rings. The first-order valence-corrected chi connectivity index (χ1v) is 9.69. The smallest absolute Gasteiger partial charge is 0.207 e. The van der Waals surface area contributed by atoms with Gasteiger partial charge in [-0.3, -0.25) is 4.79 Å². The van der Waals surface area contributed by atoms with E-state index in [1.165, 1.54) is 6.20 Å². The Morgan fingerprint density at radius 1 is 1.13 bits per heavy atom. The maximum absolute atomic E-state index is 14.9. The molecule has 2 aromatic heterocycles. The van der Waals surface area contributed by atoms with Crippen LogP contribution in [0.4, 0.5) is 4.39 Å². The van der Waals surface area contributed by atoms with Crippen molar-refractivity contribution >= 4 is 32.8 Å². The summed E-state index contributed by atoms with van der Waals surface area (Å²) in [7, 11) is 0. The molecule has 0 atom stereocenters. The summed E-state index contributed by atoms with van der Waals surface area (Å²) in [5, 5.41) is 11.3. The predicted molar refractivity (Wildman–Crippen MR) is 113 cm³/mol. The predicted octanol–water partition coefficient (Wildman–Crippen LogP) is 5.41. The minimum atomic E-state index is -0.721. The van der Waals surface area contributed by atoms with Crippen LogP contribution in [0.3, 0.4) is 0 Å². The molecule has 0 N–H and O–H groups in total. The number of rotatable bonds is 2. The summed E-state index contributed by atoms with van der Waals surface area (Å²) < 4.78 is 34.1. The van der Waals surface area contributed by atoms with E-state index >= 15 is 0 Å². The topological polar surface area (TPSA) is 77.4 Å². The van der Waals surface area contributed by atoms with Crippen LogP contribution in [0.1, 0.15) is 12.5 Å². The fraction of sp³-hybridized carbons (Fsp3) is 0.0833. The number of ether oxygens (including phenoxy) is 2. The van der Waals surface area contributed by atoms with Crippen LogP contribution in [0.15, 0.2) is 57.9 Å². The highest BCUT2D eigenvalue weighted by molar-refractivity contribution is 6.06. The lowest BCUT2D eigenvalue weighted by molar-refractivity contribution is 0.304. The van der Waals surface area contributed by atoms with Gasteiger partial charge in [-0.25, -0.2) is 4.39 Å². The number of furan rings is 1. The van der Waals surface area contributed by atoms with E-state index in [1.807, 2.05) is 36.4 Å². The maximum atomic E-state index is 14.9. The summed E-state index contributed by atoms with van der Waals surface area (Å²) in [6, 6.07) is 14.2. The molecule has 0 spiro atoms. The van der Waals surface area contributed by atoms with E-state index < -0.39 is 11.2 Å². The van der Waals surface area contributed by atoms with Crippen LogP contribution < -0.4 is 14.9 Å². The molecule has 3 aromatic carbocycles. The number of hydrogen-bond acceptors (Lipinski definition) is 5. The zero-order valence-electron chi connectivity index (χ0n) is 16.2. The van der Waals surface area contributed by atoms with Crippen molar-refractivity contribution in [1.29, 1.82) is 5.26 Å². The summed E-state index contributed by atoms with van der Waals surface area (Å²) in [5.41, 5.74) is 1.62. The molecular formula is C24H13FN2O4. The summed E-state index contributed by atoms with van der Waals surface area (Å²) in [4.78, 5) is 12.7. The SMILES string of the molecule is CCOc1c(F)cc2c(=O)c(C#N)cn3c2c1Oc1cc2c(cc1-3)oc1ccccc12. The van der Waals surface area contributed by atoms with Crippen molar-refractivity contribution in [3.05, 3.63) is 70.3 Å². The first-order chi connectivity index (χ1) is 15.1. The third kappa shape index (κ3) is 2.27. The van der Waals surface area contributed by atoms with Crippen molar-refractivity contribution in [2.75, 3.05) is 6.61 Å². The highest BCUT2D eigenvalue weighted by Gasteiger charge is 2.29. The Balaban J connectivity index is 1.78. The Morgan fingerprint density at radius 3 is 2.77 bits per heavy atom. The Kier molecular flexibility index (Phi) is 3.45. The lowest BCUT2D eigenvalue weighted by Gasteiger charge is -2.25. The lowest BCUT2D eigenvalue weighted by atomic mass is 10.1. The van der Waals surface area contributed by atoms with Crippen LogP contribution in [0.25, 0.3) is 38.5 Å². The zero-order valence-corrected chi connectivity index (χ0v) is 16.2. The van der Waals surface area contributed by atoms with Gasteiger partial charge in [0.25, 0.3) is 0 Å². The van der Waals surface area contributed by atoms with Gasteiger partial charge in [0.2, 0.25) is 5.43 Å². The van der Waals surface area contributed by atoms with Crippen LogP contribution in [0.2, 0.25) is 0 Å². The molecule has 0 aliphatic carbocycles. The number of pyridine rings is 1. The highest BCUT2D eigenvalue weighted by atomic mass is 19.1. The van der Waals surface area contributed by atoms with E-state index in [9.17, 15) is 14.4 Å². The van der Waals surface area contributed by atoms with E-state index in [2.05, 4.69) is 0 Å². The summed E-state index contributed by atoms with van der Waals surface area (Å²) in [5.74, 6) is -0.248. The normalized spacial score (nSPS) is 12.0. The molecule has 6 rings (SSSR count). The average Bonchev–Trinajstić information content (AvgIpc) is 3.14. The molecule has 0 radical (unpaired) electrons. The average molecular weight is 412 g/mol. The number of fused-ring (bicyclic) bond motifs is 5. The zero-order chi connectivity index (χ0) is 21.3. The van der Waals surface area contributed by atoms with E-state index in [0.29, 0.717) is 22.5 Å². The van der Waals surface area contributed by atoms with Crippen molar-refractivity contribution in [3.8, 4) is 29.0 Å². The van der Waals surface area contributed by atoms with Gasteiger partial charge in [-0.2, -0.15) is 5.26 Å². The second-order valence-corrected chi connectivity index (χ2v) is 7.22. The van der Waals surface area contributed by atoms with E-state index in [4.69, 9.17) is 13.9 Å². The third-order valence-electron chi connectivity index (χ3n) is 5.49. The summed E-state index contributed by atoms with van der Waals surface area (Å²) in [6.45, 7) is 1.96. The van der Waals surface area contributed by atoms with Gasteiger partial charge in [-0.15, -0.1) is 0 Å². The van der Waals surface area contributed by atoms with E-state index in [1.54, 1.807) is 17.6 Å². The van der Waals surface area contributed by atoms with Crippen LogP contribution in [0, 0.1) is 17.1 Å². The summed E-state index contributed by atoms with van der Waals surface area (Å²) in [6.07, 6.45) is 1.44. The molecule has 6 nitrogen and oxygen atoms in total. The molecule has 3 heterocycles. The van der Waals surface area contributed by atoms with Gasteiger partial charge in [-0.1, -0.05) is 18.2 Å². The van der Waals surface area contributed by atoms with Gasteiger partial charge in [-0.05, 0) is 25.1 Å². The van der Waals surface area contributed by atoms with Crippen LogP contribution in [0.5, 0.6) is 17.2 Å². The molecule has 0 saturated heterocycles. The van der Waals surface area contributed by atoms with E-state index in [0.717, 1.165) is 22.4 Å². The highest BCUT2D eigenvalue weighted by Crippen LogP contribution is 2.48. The minimum Gasteiger partial charge on any atom is -0.487 e. The van der Waals surface area contributed by atoms with Crippen LogP contribution in [-0.4, -0.2) is 11.2 Å². The fourth-order valence-corrected chi connectivity index (χ4v) is 4.17. The van der Waals surface area contributed by atoms with Crippen LogP contribution >= 0.6 is 0 Å². The maximum Gasteiger partial charge on any atom is 0.207 e. The van der Waals surface area contributed by atoms with Gasteiger partial charge in [0.05, 0.1) is 17.7 Å². The molecule has 0 amide bonds. The molecule has 1 aliphatic heterocycles. The van der Waals surface area contributed by atoms with Crippen molar-refractivity contribution < 1.29 is 18.3 Å². The number of aromatic nitrogens is 1. The molecule has 150 valence electrons. The molecule has 5 aromatic rings. The van der Waals surface area contributed by atoms with Crippen LogP contribution in [-0.2, 0) is 0 Å². The molecule has 0 saturated carbocycles. The lowest BCUT2D eigenvalue weighted by Crippen LogP contribution is -2.17. The van der Waals surface area contributed by atoms with Crippen molar-refractivity contribution in [2.24, 2.45) is 0 Å². The molecule has 1 aliphatic rings. The van der Waals surface area contributed by atoms with Gasteiger partial charge >= 0.3 is 0 Å². The number of nitrogens with zero attached hydrogens (tertiary/aromatic N) is 2. The second kappa shape index (κ2) is 6.09. The number of halogens is 1. The van der Waals surface area contributed by atoms with E-state index in [-0.39, 0.29) is 29.1 Å². The van der Waals surface area contributed by atoms with Gasteiger partial charge < -0.3 is 18.5 Å². The van der Waals surface area contributed by atoms with Crippen molar-refractivity contribution in [1.82, 2.24) is 4.57 Å². The van der Waals surface area contributed by atoms with Crippen molar-refractivity contribution in [3.63, 3.8) is 0 Å². The molecule has 0 bridgehead atoms. The first kappa shape index (κ1) is 17.5. The van der Waals surface area contributed by atoms with Crippen molar-refractivity contribution in [2.45, 2.75) is 6.92 Å². The number of hydrogen-bond donors (Lipinski definition) is 0. The first-order valence-electron chi connectivity index (χ1n) is 9.69. The quantitative estimate of drug-likeness (QED) is 0.380. The largest absolute Gasteiger partial charge is 0.487 e. The standard InChI is InChI=1S/C24H13FN2O4/c1-2-29-23-16(25)7-15-21-24(23)31-20-8-14-13-5-3-4-6-18(13)30-19(14)9-17(20)27(21)11-12(10-26)22(15)28/h3-9,11H,2H2,1H3. The monoisotopic (exact) mass is 412 g/mol. The number of para-hydroxylation sites is 1. The number of nitriles is 1. The number of benzene rings is 3. The third-order valence-corrected chi connectivity index (χ3v) is 5.49. The minimum absolute atomic E-state index is 0.0466. The fourth-order valence-electron chi connectivity index (χ4n) is 4.17. The van der Waals surface area contributed by atoms with Gasteiger partial charge in [0.15, 0.2) is 23.1 Å². The Labute approximate surface area is 174 Å². The van der Waals surface area contributed by atoms with Gasteiger partial charge in [0.1, 0.15) is 28.3 Å². The Hall–Kier alpha value is -4.31. The van der Waals surface area contributed by atoms with Gasteiger partial charge in [0, 0.05) is 23.0 Å². The molecule has 31 heavy (non-hydrogen) atoms. The summed E-state index contributed by atoms with van der Waals surface area (Å²) >= 11 is 0. The molecule has 7 heteroatoms. The Bertz CT molecular complexity index is 1670. The second-order valence-electron chi connectivity index (χ2n) is 7.22. The Morgan fingerprint density at radius 2 is 1.97 bits per heavy atom. The molecule has 0 unspecified atom stereocenters. The molecular weight excluding hydrogens is 399 g/mol.